The van der Waals surface area contributed by atoms with Gasteiger partial charge in [-0.1, -0.05) is 0 Å². The molecule has 0 aromatic carbocycles. The van der Waals surface area contributed by atoms with Crippen LogP contribution in [0.15, 0.2) is 23.0 Å². The summed E-state index contributed by atoms with van der Waals surface area (Å²) in [7, 11) is 1.40. The van der Waals surface area contributed by atoms with Crippen LogP contribution in [0, 0.1) is 5.92 Å². The van der Waals surface area contributed by atoms with Crippen LogP contribution in [-0.4, -0.2) is 85.4 Å². The van der Waals surface area contributed by atoms with E-state index in [4.69, 9.17) is 9.15 Å². The molecule has 2 fully saturated rings. The van der Waals surface area contributed by atoms with Gasteiger partial charge in [-0.3, -0.25) is 19.3 Å². The first-order chi connectivity index (χ1) is 12.6. The van der Waals surface area contributed by atoms with Gasteiger partial charge < -0.3 is 19.0 Å². The lowest BCUT2D eigenvalue weighted by molar-refractivity contribution is -0.149. The number of ether oxygens (including phenoxy) is 1. The van der Waals surface area contributed by atoms with Gasteiger partial charge in [0, 0.05) is 39.3 Å². The van der Waals surface area contributed by atoms with E-state index in [1.54, 1.807) is 11.0 Å². The highest BCUT2D eigenvalue weighted by molar-refractivity contribution is 5.93. The van der Waals surface area contributed by atoms with E-state index in [1.807, 2.05) is 4.90 Å². The Balaban J connectivity index is 1.41. The quantitative estimate of drug-likeness (QED) is 0.723. The van der Waals surface area contributed by atoms with Crippen LogP contribution in [0.4, 0.5) is 0 Å². The second-order valence-corrected chi connectivity index (χ2v) is 6.76. The Bertz CT molecular complexity index is 629. The van der Waals surface area contributed by atoms with Crippen LogP contribution in [0.25, 0.3) is 0 Å². The summed E-state index contributed by atoms with van der Waals surface area (Å²) < 4.78 is 9.73. The molecule has 8 heteroatoms. The van der Waals surface area contributed by atoms with Crippen molar-refractivity contribution in [2.45, 2.75) is 12.8 Å². The fourth-order valence-electron chi connectivity index (χ4n) is 3.50. The number of carbonyl (C=O) groups excluding carboxylic acids is 3. The molecule has 3 heterocycles. The van der Waals surface area contributed by atoms with Crippen molar-refractivity contribution >= 4 is 17.8 Å². The SMILES string of the molecule is COC(=O)C1CCN(C(=O)CN2CCN(C(=O)c3ccoc3)CC2)CC1. The number of hydrogen-bond acceptors (Lipinski definition) is 6. The molecule has 26 heavy (non-hydrogen) atoms. The van der Waals surface area contributed by atoms with Crippen LogP contribution in [0.1, 0.15) is 23.2 Å². The third kappa shape index (κ3) is 4.24. The van der Waals surface area contributed by atoms with Gasteiger partial charge in [-0.25, -0.2) is 0 Å². The van der Waals surface area contributed by atoms with Crippen molar-refractivity contribution in [3.8, 4) is 0 Å². The normalized spacial score (nSPS) is 19.4. The third-order valence-electron chi connectivity index (χ3n) is 5.17. The van der Waals surface area contributed by atoms with E-state index in [0.717, 1.165) is 0 Å². The smallest absolute Gasteiger partial charge is 0.308 e. The maximum atomic E-state index is 12.5. The molecule has 2 aliphatic rings. The van der Waals surface area contributed by atoms with Gasteiger partial charge in [0.2, 0.25) is 5.91 Å². The summed E-state index contributed by atoms with van der Waals surface area (Å²) in [4.78, 5) is 42.0. The minimum atomic E-state index is -0.185. The topological polar surface area (TPSA) is 83.3 Å². The zero-order valence-corrected chi connectivity index (χ0v) is 15.1. The molecule has 0 radical (unpaired) electrons. The Morgan fingerprint density at radius 2 is 1.77 bits per heavy atom. The number of esters is 1. The molecular weight excluding hydrogens is 338 g/mol. The molecule has 8 nitrogen and oxygen atoms in total. The van der Waals surface area contributed by atoms with E-state index in [-0.39, 0.29) is 23.7 Å². The molecule has 0 saturated carbocycles. The minimum absolute atomic E-state index is 0.0328. The molecule has 0 N–H and O–H groups in total. The number of furan rings is 1. The summed E-state index contributed by atoms with van der Waals surface area (Å²) in [6.07, 6.45) is 4.26. The Labute approximate surface area is 152 Å². The van der Waals surface area contributed by atoms with Crippen LogP contribution in [0.2, 0.25) is 0 Å². The lowest BCUT2D eigenvalue weighted by Crippen LogP contribution is -2.52. The summed E-state index contributed by atoms with van der Waals surface area (Å²) in [5.41, 5.74) is 0.558. The Morgan fingerprint density at radius 1 is 1.08 bits per heavy atom. The molecule has 3 rings (SSSR count). The predicted molar refractivity (Wildman–Crippen MR) is 92.4 cm³/mol. The van der Waals surface area contributed by atoms with Gasteiger partial charge in [-0.2, -0.15) is 0 Å². The van der Waals surface area contributed by atoms with Crippen LogP contribution < -0.4 is 0 Å². The largest absolute Gasteiger partial charge is 0.472 e. The minimum Gasteiger partial charge on any atom is -0.472 e. The fourth-order valence-corrected chi connectivity index (χ4v) is 3.50. The first-order valence-corrected chi connectivity index (χ1v) is 8.98. The molecule has 1 aromatic rings. The van der Waals surface area contributed by atoms with Crippen molar-refractivity contribution in [2.75, 3.05) is 52.9 Å². The lowest BCUT2D eigenvalue weighted by atomic mass is 9.97. The second-order valence-electron chi connectivity index (χ2n) is 6.76. The Morgan fingerprint density at radius 3 is 2.35 bits per heavy atom. The van der Waals surface area contributed by atoms with Gasteiger partial charge in [-0.15, -0.1) is 0 Å². The van der Waals surface area contributed by atoms with Gasteiger partial charge >= 0.3 is 5.97 Å². The molecule has 2 saturated heterocycles. The standard InChI is InChI=1S/C18H25N3O5/c1-25-18(24)14-2-5-20(6-3-14)16(22)12-19-7-9-21(10-8-19)17(23)15-4-11-26-13-15/h4,11,13-14H,2-3,5-10,12H2,1H3. The van der Waals surface area contributed by atoms with E-state index >= 15 is 0 Å². The van der Waals surface area contributed by atoms with E-state index < -0.39 is 0 Å². The maximum absolute atomic E-state index is 12.5. The third-order valence-corrected chi connectivity index (χ3v) is 5.17. The molecule has 0 spiro atoms. The van der Waals surface area contributed by atoms with Crippen molar-refractivity contribution in [3.05, 3.63) is 24.2 Å². The highest BCUT2D eigenvalue weighted by Crippen LogP contribution is 2.19. The first kappa shape index (κ1) is 18.4. The summed E-state index contributed by atoms with van der Waals surface area (Å²) in [5.74, 6) is -0.227. The van der Waals surface area contributed by atoms with Crippen molar-refractivity contribution in [3.63, 3.8) is 0 Å². The van der Waals surface area contributed by atoms with Gasteiger partial charge in [0.1, 0.15) is 6.26 Å². The number of likely N-dealkylation sites (tertiary alicyclic amines) is 1. The van der Waals surface area contributed by atoms with E-state index in [1.165, 1.54) is 19.6 Å². The summed E-state index contributed by atoms with van der Waals surface area (Å²) in [5, 5.41) is 0. The number of piperazine rings is 1. The summed E-state index contributed by atoms with van der Waals surface area (Å²) in [6.45, 7) is 4.09. The number of rotatable bonds is 4. The number of carbonyl (C=O) groups is 3. The van der Waals surface area contributed by atoms with E-state index in [2.05, 4.69) is 4.90 Å². The van der Waals surface area contributed by atoms with Gasteiger partial charge in [0.25, 0.3) is 5.91 Å². The molecule has 1 aromatic heterocycles. The van der Waals surface area contributed by atoms with Crippen LogP contribution in [-0.2, 0) is 14.3 Å². The zero-order valence-electron chi connectivity index (χ0n) is 15.1. The van der Waals surface area contributed by atoms with Crippen LogP contribution in [0.3, 0.4) is 0 Å². The summed E-state index contributed by atoms with van der Waals surface area (Å²) in [6, 6.07) is 1.66. The van der Waals surface area contributed by atoms with Crippen molar-refractivity contribution in [1.29, 1.82) is 0 Å². The Kier molecular flexibility index (Phi) is 5.92. The summed E-state index contributed by atoms with van der Waals surface area (Å²) >= 11 is 0. The molecule has 142 valence electrons. The van der Waals surface area contributed by atoms with Gasteiger partial charge in [0.15, 0.2) is 0 Å². The number of hydrogen-bond donors (Lipinski definition) is 0. The first-order valence-electron chi connectivity index (χ1n) is 8.98. The molecule has 0 aliphatic carbocycles. The monoisotopic (exact) mass is 363 g/mol. The van der Waals surface area contributed by atoms with E-state index in [9.17, 15) is 14.4 Å². The van der Waals surface area contributed by atoms with Crippen LogP contribution >= 0.6 is 0 Å². The van der Waals surface area contributed by atoms with E-state index in [0.29, 0.717) is 64.2 Å². The van der Waals surface area contributed by atoms with Crippen molar-refractivity contribution in [1.82, 2.24) is 14.7 Å². The predicted octanol–water partition coefficient (Wildman–Crippen LogP) is 0.449. The average Bonchev–Trinajstić information content (AvgIpc) is 3.22. The number of nitrogens with zero attached hydrogens (tertiary/aromatic N) is 3. The molecule has 0 atom stereocenters. The highest BCUT2D eigenvalue weighted by Gasteiger charge is 2.29. The van der Waals surface area contributed by atoms with Gasteiger partial charge in [0.05, 0.1) is 31.4 Å². The molecule has 2 aliphatic heterocycles. The number of piperidine rings is 1. The second kappa shape index (κ2) is 8.35. The molecule has 0 unspecified atom stereocenters. The lowest BCUT2D eigenvalue weighted by Gasteiger charge is -2.36. The van der Waals surface area contributed by atoms with Gasteiger partial charge in [-0.05, 0) is 18.9 Å². The number of methoxy groups -OCH3 is 1. The molecular formula is C18H25N3O5. The molecule has 2 amide bonds. The fraction of sp³-hybridized carbons (Fsp3) is 0.611. The van der Waals surface area contributed by atoms with Crippen molar-refractivity contribution < 1.29 is 23.5 Å². The zero-order chi connectivity index (χ0) is 18.5. The van der Waals surface area contributed by atoms with Crippen molar-refractivity contribution in [2.24, 2.45) is 5.92 Å². The highest BCUT2D eigenvalue weighted by atomic mass is 16.5. The van der Waals surface area contributed by atoms with Crippen LogP contribution in [0.5, 0.6) is 0 Å². The maximum Gasteiger partial charge on any atom is 0.308 e. The number of amides is 2. The Hall–Kier alpha value is -2.35. The average molecular weight is 363 g/mol. The molecule has 0 bridgehead atoms.